The topological polar surface area (TPSA) is 29.5 Å². The molecule has 0 spiro atoms. The molecule has 0 N–H and O–H groups in total. The van der Waals surface area contributed by atoms with Crippen molar-refractivity contribution in [2.45, 2.75) is 12.8 Å². The van der Waals surface area contributed by atoms with E-state index < -0.39 is 0 Å². The fraction of sp³-hybridized carbons (Fsp3) is 0.278. The number of carbonyl (C=O) groups is 1. The number of amides is 1. The quantitative estimate of drug-likeness (QED) is 0.820. The maximum absolute atomic E-state index is 12.8. The summed E-state index contributed by atoms with van der Waals surface area (Å²) in [6.45, 7) is 0.645. The molecular weight excluding hydrogens is 281 g/mol. The molecule has 0 unspecified atom stereocenters. The summed E-state index contributed by atoms with van der Waals surface area (Å²) in [7, 11) is 3.42. The van der Waals surface area contributed by atoms with Crippen molar-refractivity contribution in [1.29, 1.82) is 0 Å². The van der Waals surface area contributed by atoms with E-state index in [0.29, 0.717) is 13.0 Å². The molecule has 0 bridgehead atoms. The van der Waals surface area contributed by atoms with E-state index in [1.54, 1.807) is 31.2 Å². The number of hydrogen-bond donors (Lipinski definition) is 0. The van der Waals surface area contributed by atoms with Gasteiger partial charge in [-0.05, 0) is 41.8 Å². The van der Waals surface area contributed by atoms with Crippen molar-refractivity contribution in [3.63, 3.8) is 0 Å². The summed E-state index contributed by atoms with van der Waals surface area (Å²) in [4.78, 5) is 13.8. The minimum absolute atomic E-state index is 0.0279. The summed E-state index contributed by atoms with van der Waals surface area (Å²) in [5.74, 6) is 0.564. The Hall–Kier alpha value is -2.36. The van der Waals surface area contributed by atoms with Gasteiger partial charge >= 0.3 is 0 Å². The van der Waals surface area contributed by atoms with E-state index in [1.807, 2.05) is 24.3 Å². The molecule has 0 aliphatic rings. The van der Waals surface area contributed by atoms with E-state index in [9.17, 15) is 9.18 Å². The lowest BCUT2D eigenvalue weighted by Gasteiger charge is -2.17. The third-order valence-corrected chi connectivity index (χ3v) is 3.59. The van der Waals surface area contributed by atoms with E-state index in [2.05, 4.69) is 0 Å². The smallest absolute Gasteiger partial charge is 0.226 e. The first kappa shape index (κ1) is 16.0. The van der Waals surface area contributed by atoms with E-state index >= 15 is 0 Å². The summed E-state index contributed by atoms with van der Waals surface area (Å²) in [5.41, 5.74) is 1.98. The van der Waals surface area contributed by atoms with E-state index in [-0.39, 0.29) is 11.7 Å². The lowest BCUT2D eigenvalue weighted by molar-refractivity contribution is -0.129. The van der Waals surface area contributed by atoms with Crippen LogP contribution in [0.15, 0.2) is 48.5 Å². The number of halogens is 1. The average Bonchev–Trinajstić information content (AvgIpc) is 2.55. The van der Waals surface area contributed by atoms with Crippen molar-refractivity contribution >= 4 is 5.91 Å². The summed E-state index contributed by atoms with van der Waals surface area (Å²) in [5, 5.41) is 0. The number of methoxy groups -OCH3 is 1. The molecule has 1 amide bonds. The summed E-state index contributed by atoms with van der Waals surface area (Å²) in [6.07, 6.45) is 1.08. The Bertz CT molecular complexity index is 608. The molecular formula is C18H20FNO2. The van der Waals surface area contributed by atoms with Gasteiger partial charge in [-0.1, -0.05) is 24.3 Å². The molecule has 0 saturated carbocycles. The summed E-state index contributed by atoms with van der Waals surface area (Å²) < 4.78 is 18.0. The second kappa shape index (κ2) is 7.59. The fourth-order valence-electron chi connectivity index (χ4n) is 2.13. The molecule has 2 aromatic carbocycles. The van der Waals surface area contributed by atoms with E-state index in [0.717, 1.165) is 23.3 Å². The van der Waals surface area contributed by atoms with Crippen molar-refractivity contribution < 1.29 is 13.9 Å². The molecule has 0 aromatic heterocycles. The van der Waals surface area contributed by atoms with Crippen LogP contribution in [0.1, 0.15) is 11.1 Å². The van der Waals surface area contributed by atoms with Crippen molar-refractivity contribution in [3.8, 4) is 5.75 Å². The van der Waals surface area contributed by atoms with Crippen LogP contribution >= 0.6 is 0 Å². The zero-order chi connectivity index (χ0) is 15.9. The number of rotatable bonds is 6. The first-order chi connectivity index (χ1) is 10.6. The second-order valence-corrected chi connectivity index (χ2v) is 5.22. The molecule has 0 radical (unpaired) electrons. The molecule has 0 atom stereocenters. The predicted octanol–water partition coefficient (Wildman–Crippen LogP) is 3.08. The van der Waals surface area contributed by atoms with E-state index in [4.69, 9.17) is 4.74 Å². The van der Waals surface area contributed by atoms with Crippen LogP contribution in [0.3, 0.4) is 0 Å². The average molecular weight is 301 g/mol. The standard InChI is InChI=1S/C18H20FNO2/c1-20(12-11-14-5-9-17(22-2)10-6-14)18(21)13-15-3-7-16(19)8-4-15/h3-10H,11-13H2,1-2H3. The van der Waals surface area contributed by atoms with Gasteiger partial charge < -0.3 is 9.64 Å². The Morgan fingerprint density at radius 1 is 1.05 bits per heavy atom. The van der Waals surface area contributed by atoms with Crippen LogP contribution in [0.5, 0.6) is 5.75 Å². The zero-order valence-corrected chi connectivity index (χ0v) is 12.9. The number of ether oxygens (including phenoxy) is 1. The number of carbonyl (C=O) groups excluding carboxylic acids is 1. The largest absolute Gasteiger partial charge is 0.497 e. The Kier molecular flexibility index (Phi) is 5.53. The SMILES string of the molecule is COc1ccc(CCN(C)C(=O)Cc2ccc(F)cc2)cc1. The maximum atomic E-state index is 12.8. The molecule has 4 heteroatoms. The summed E-state index contributed by atoms with van der Waals surface area (Å²) in [6, 6.07) is 13.9. The van der Waals surface area contributed by atoms with Crippen LogP contribution in [-0.2, 0) is 17.6 Å². The Labute approximate surface area is 130 Å². The van der Waals surface area contributed by atoms with E-state index in [1.165, 1.54) is 12.1 Å². The van der Waals surface area contributed by atoms with Crippen LogP contribution in [0, 0.1) is 5.82 Å². The molecule has 22 heavy (non-hydrogen) atoms. The third-order valence-electron chi connectivity index (χ3n) is 3.59. The molecule has 3 nitrogen and oxygen atoms in total. The van der Waals surface area contributed by atoms with Crippen LogP contribution in [0.25, 0.3) is 0 Å². The normalized spacial score (nSPS) is 10.3. The first-order valence-corrected chi connectivity index (χ1v) is 7.20. The molecule has 0 aliphatic carbocycles. The number of likely N-dealkylation sites (N-methyl/N-ethyl adjacent to an activating group) is 1. The van der Waals surface area contributed by atoms with Crippen LogP contribution < -0.4 is 4.74 Å². The van der Waals surface area contributed by atoms with Gasteiger partial charge in [0.05, 0.1) is 13.5 Å². The van der Waals surface area contributed by atoms with Gasteiger partial charge in [0, 0.05) is 13.6 Å². The number of nitrogens with zero attached hydrogens (tertiary/aromatic N) is 1. The van der Waals surface area contributed by atoms with Gasteiger partial charge in [-0.25, -0.2) is 4.39 Å². The van der Waals surface area contributed by atoms with Crippen LogP contribution in [-0.4, -0.2) is 31.5 Å². The molecule has 2 aromatic rings. The first-order valence-electron chi connectivity index (χ1n) is 7.20. The van der Waals surface area contributed by atoms with Gasteiger partial charge in [0.15, 0.2) is 0 Å². The second-order valence-electron chi connectivity index (χ2n) is 5.22. The van der Waals surface area contributed by atoms with Gasteiger partial charge in [0.1, 0.15) is 11.6 Å². The highest BCUT2D eigenvalue weighted by Crippen LogP contribution is 2.12. The minimum atomic E-state index is -0.288. The number of benzene rings is 2. The van der Waals surface area contributed by atoms with Gasteiger partial charge in [-0.2, -0.15) is 0 Å². The van der Waals surface area contributed by atoms with Gasteiger partial charge in [-0.3, -0.25) is 4.79 Å². The minimum Gasteiger partial charge on any atom is -0.497 e. The Morgan fingerprint density at radius 3 is 2.23 bits per heavy atom. The molecule has 0 heterocycles. The van der Waals surface area contributed by atoms with Gasteiger partial charge in [0.2, 0.25) is 5.91 Å². The summed E-state index contributed by atoms with van der Waals surface area (Å²) >= 11 is 0. The van der Waals surface area contributed by atoms with Crippen molar-refractivity contribution in [2.75, 3.05) is 20.7 Å². The molecule has 2 rings (SSSR count). The monoisotopic (exact) mass is 301 g/mol. The van der Waals surface area contributed by atoms with Crippen LogP contribution in [0.4, 0.5) is 4.39 Å². The van der Waals surface area contributed by atoms with Crippen molar-refractivity contribution in [1.82, 2.24) is 4.90 Å². The highest BCUT2D eigenvalue weighted by Gasteiger charge is 2.09. The molecule has 0 aliphatic heterocycles. The van der Waals surface area contributed by atoms with Gasteiger partial charge in [0.25, 0.3) is 0 Å². The molecule has 116 valence electrons. The molecule has 0 fully saturated rings. The van der Waals surface area contributed by atoms with Crippen LogP contribution in [0.2, 0.25) is 0 Å². The number of hydrogen-bond acceptors (Lipinski definition) is 2. The highest BCUT2D eigenvalue weighted by molar-refractivity contribution is 5.78. The lowest BCUT2D eigenvalue weighted by Crippen LogP contribution is -2.30. The van der Waals surface area contributed by atoms with Gasteiger partial charge in [-0.15, -0.1) is 0 Å². The highest BCUT2D eigenvalue weighted by atomic mass is 19.1. The Balaban J connectivity index is 1.84. The third kappa shape index (κ3) is 4.58. The lowest BCUT2D eigenvalue weighted by atomic mass is 10.1. The maximum Gasteiger partial charge on any atom is 0.226 e. The fourth-order valence-corrected chi connectivity index (χ4v) is 2.13. The Morgan fingerprint density at radius 2 is 1.64 bits per heavy atom. The predicted molar refractivity (Wildman–Crippen MR) is 84.4 cm³/mol. The van der Waals surface area contributed by atoms with Crippen molar-refractivity contribution in [2.24, 2.45) is 0 Å². The van der Waals surface area contributed by atoms with Crippen molar-refractivity contribution in [3.05, 3.63) is 65.5 Å². The molecule has 0 saturated heterocycles. The zero-order valence-electron chi connectivity index (χ0n) is 12.9.